The number of pyridine rings is 2. The number of nitrogens with two attached hydrogens (primary N) is 1. The molecule has 4 N–H and O–H groups in total. The number of fused-ring (bicyclic) bond motifs is 2. The summed E-state index contributed by atoms with van der Waals surface area (Å²) < 4.78 is 21.5. The molecule has 0 atom stereocenters. The van der Waals surface area contributed by atoms with Crippen LogP contribution in [-0.2, 0) is 29.1 Å². The van der Waals surface area contributed by atoms with E-state index in [9.17, 15) is 10.0 Å². The highest BCUT2D eigenvalue weighted by atomic mass is 16.5. The third kappa shape index (κ3) is 5.84. The van der Waals surface area contributed by atoms with Crippen molar-refractivity contribution in [2.45, 2.75) is 19.8 Å². The Morgan fingerprint density at radius 3 is 1.82 bits per heavy atom. The molecule has 10 nitrogen and oxygen atoms in total. The normalized spacial score (nSPS) is 13.2. The Kier molecular flexibility index (Phi) is 7.65. The Bertz CT molecular complexity index is 1460. The SMILES string of the molecule is NCc1ccc(Oc2ccc3c(c2)COB3O)nc1.[C-]#[N+]c1ccc(Oc2ccc3c(c2)COB3O)nc1. The van der Waals surface area contributed by atoms with Crippen LogP contribution >= 0.6 is 0 Å². The molecule has 0 aliphatic carbocycles. The van der Waals surface area contributed by atoms with E-state index in [2.05, 4.69) is 14.8 Å². The second kappa shape index (κ2) is 11.4. The zero-order valence-corrected chi connectivity index (χ0v) is 20.2. The molecule has 0 saturated heterocycles. The first-order valence-electron chi connectivity index (χ1n) is 11.7. The molecule has 4 aromatic rings. The molecule has 4 heterocycles. The van der Waals surface area contributed by atoms with Gasteiger partial charge in [0.2, 0.25) is 17.4 Å². The summed E-state index contributed by atoms with van der Waals surface area (Å²) in [5, 5.41) is 19.0. The van der Waals surface area contributed by atoms with Crippen molar-refractivity contribution in [3.63, 3.8) is 0 Å². The van der Waals surface area contributed by atoms with Crippen molar-refractivity contribution in [2.75, 3.05) is 0 Å². The lowest BCUT2D eigenvalue weighted by molar-refractivity contribution is 0.274. The summed E-state index contributed by atoms with van der Waals surface area (Å²) in [5.74, 6) is 2.23. The molecule has 0 saturated carbocycles. The van der Waals surface area contributed by atoms with Crippen LogP contribution in [-0.4, -0.2) is 34.3 Å². The van der Waals surface area contributed by atoms with Gasteiger partial charge in [-0.15, -0.1) is 0 Å². The number of rotatable bonds is 5. The number of aromatic nitrogens is 2. The van der Waals surface area contributed by atoms with Crippen LogP contribution in [0.1, 0.15) is 16.7 Å². The number of ether oxygens (including phenoxy) is 2. The molecule has 2 aromatic heterocycles. The maximum Gasteiger partial charge on any atom is 0.491 e. The molecule has 0 radical (unpaired) electrons. The summed E-state index contributed by atoms with van der Waals surface area (Å²) in [6, 6.07) is 17.7. The fraction of sp³-hybridized carbons (Fsp3) is 0.115. The molecule has 2 aromatic carbocycles. The minimum absolute atomic E-state index is 0.373. The van der Waals surface area contributed by atoms with Crippen molar-refractivity contribution >= 4 is 30.8 Å². The van der Waals surface area contributed by atoms with Gasteiger partial charge in [0.05, 0.1) is 19.8 Å². The zero-order valence-electron chi connectivity index (χ0n) is 20.2. The van der Waals surface area contributed by atoms with E-state index in [-0.39, 0.29) is 0 Å². The fourth-order valence-electron chi connectivity index (χ4n) is 3.87. The maximum absolute atomic E-state index is 9.53. The monoisotopic (exact) mass is 508 g/mol. The Hall–Kier alpha value is -4.24. The van der Waals surface area contributed by atoms with Crippen LogP contribution in [0.15, 0.2) is 73.1 Å². The van der Waals surface area contributed by atoms with Crippen LogP contribution in [0.4, 0.5) is 5.69 Å². The number of nitrogens with zero attached hydrogens (tertiary/aromatic N) is 3. The quantitative estimate of drug-likeness (QED) is 0.274. The van der Waals surface area contributed by atoms with Crippen molar-refractivity contribution in [3.05, 3.63) is 101 Å². The van der Waals surface area contributed by atoms with Crippen molar-refractivity contribution in [1.82, 2.24) is 9.97 Å². The first kappa shape index (κ1) is 25.4. The Morgan fingerprint density at radius 1 is 0.816 bits per heavy atom. The second-order valence-electron chi connectivity index (χ2n) is 8.43. The van der Waals surface area contributed by atoms with E-state index in [1.807, 2.05) is 18.2 Å². The molecule has 0 amide bonds. The van der Waals surface area contributed by atoms with Gasteiger partial charge in [0.15, 0.2) is 0 Å². The molecule has 188 valence electrons. The van der Waals surface area contributed by atoms with E-state index in [0.717, 1.165) is 27.6 Å². The third-order valence-corrected chi connectivity index (χ3v) is 5.88. The van der Waals surface area contributed by atoms with Crippen molar-refractivity contribution in [2.24, 2.45) is 5.73 Å². The number of hydrogen-bond acceptors (Lipinski definition) is 9. The highest BCUT2D eigenvalue weighted by Crippen LogP contribution is 2.24. The van der Waals surface area contributed by atoms with E-state index in [0.29, 0.717) is 48.7 Å². The van der Waals surface area contributed by atoms with Crippen LogP contribution < -0.4 is 26.1 Å². The van der Waals surface area contributed by atoms with Gasteiger partial charge in [-0.2, -0.15) is 0 Å². The fourth-order valence-corrected chi connectivity index (χ4v) is 3.87. The smallest absolute Gasteiger partial charge is 0.439 e. The highest BCUT2D eigenvalue weighted by molar-refractivity contribution is 6.62. The van der Waals surface area contributed by atoms with E-state index in [4.69, 9.17) is 31.1 Å². The van der Waals surface area contributed by atoms with Crippen LogP contribution in [0.2, 0.25) is 0 Å². The highest BCUT2D eigenvalue weighted by Gasteiger charge is 2.28. The molecule has 2 aliphatic rings. The minimum Gasteiger partial charge on any atom is -0.439 e. The lowest BCUT2D eigenvalue weighted by Crippen LogP contribution is -2.27. The van der Waals surface area contributed by atoms with Crippen molar-refractivity contribution in [3.8, 4) is 23.3 Å². The average molecular weight is 508 g/mol. The lowest BCUT2D eigenvalue weighted by atomic mass is 9.80. The first-order chi connectivity index (χ1) is 18.5. The van der Waals surface area contributed by atoms with E-state index in [1.54, 1.807) is 48.7 Å². The molecule has 12 heteroatoms. The third-order valence-electron chi connectivity index (χ3n) is 5.88. The summed E-state index contributed by atoms with van der Waals surface area (Å²) in [7, 11) is -1.67. The molecular formula is C26H22B2N4O6. The van der Waals surface area contributed by atoms with Gasteiger partial charge in [-0.3, -0.25) is 0 Å². The van der Waals surface area contributed by atoms with Crippen LogP contribution in [0, 0.1) is 6.57 Å². The summed E-state index contributed by atoms with van der Waals surface area (Å²) in [6.45, 7) is 8.07. The molecule has 38 heavy (non-hydrogen) atoms. The molecule has 0 spiro atoms. The minimum atomic E-state index is -0.847. The second-order valence-corrected chi connectivity index (χ2v) is 8.43. The summed E-state index contributed by atoms with van der Waals surface area (Å²) >= 11 is 0. The molecule has 0 unspecified atom stereocenters. The topological polar surface area (TPSA) is 134 Å². The molecule has 6 rings (SSSR count). The number of hydrogen-bond donors (Lipinski definition) is 3. The van der Waals surface area contributed by atoms with Gasteiger partial charge in [-0.25, -0.2) is 14.8 Å². The summed E-state index contributed by atoms with van der Waals surface area (Å²) in [5.41, 5.74) is 10.3. The molecule has 0 bridgehead atoms. The maximum atomic E-state index is 9.53. The predicted octanol–water partition coefficient (Wildman–Crippen LogP) is 2.19. The standard InChI is InChI=1S/C13H9BN2O3.C13H13BN2O3/c1-15-10-2-5-13(16-7-10)19-11-3-4-12-9(6-11)8-18-14(12)17;15-6-9-1-4-13(16-7-9)19-11-2-3-12-10(5-11)8-18-14(12)17/h2-7,17H,8H2;1-5,7,17H,6,8,15H2. The molecular weight excluding hydrogens is 486 g/mol. The van der Waals surface area contributed by atoms with Gasteiger partial charge in [-0.1, -0.05) is 18.2 Å². The Morgan fingerprint density at radius 2 is 1.37 bits per heavy atom. The zero-order chi connectivity index (χ0) is 26.5. The lowest BCUT2D eigenvalue weighted by Gasteiger charge is -2.06. The molecule has 0 fully saturated rings. The van der Waals surface area contributed by atoms with Crippen LogP contribution in [0.5, 0.6) is 23.3 Å². The van der Waals surface area contributed by atoms with Crippen LogP contribution in [0.25, 0.3) is 4.85 Å². The molecule has 2 aliphatic heterocycles. The largest absolute Gasteiger partial charge is 0.491 e. The van der Waals surface area contributed by atoms with E-state index in [1.165, 1.54) is 6.20 Å². The number of benzene rings is 2. The summed E-state index contributed by atoms with van der Waals surface area (Å²) in [6.07, 6.45) is 3.15. The average Bonchev–Trinajstić information content (AvgIpc) is 3.51. The van der Waals surface area contributed by atoms with Crippen molar-refractivity contribution < 1.29 is 28.8 Å². The summed E-state index contributed by atoms with van der Waals surface area (Å²) in [4.78, 5) is 11.5. The Balaban J connectivity index is 0.000000155. The van der Waals surface area contributed by atoms with E-state index < -0.39 is 14.2 Å². The van der Waals surface area contributed by atoms with Gasteiger partial charge in [0.1, 0.15) is 11.5 Å². The van der Waals surface area contributed by atoms with E-state index >= 15 is 0 Å². The van der Waals surface area contributed by atoms with Crippen molar-refractivity contribution in [1.29, 1.82) is 0 Å². The predicted molar refractivity (Wildman–Crippen MR) is 140 cm³/mol. The van der Waals surface area contributed by atoms with Crippen LogP contribution in [0.3, 0.4) is 0 Å². The van der Waals surface area contributed by atoms with Gasteiger partial charge < -0.3 is 34.6 Å². The first-order valence-corrected chi connectivity index (χ1v) is 11.7. The Labute approximate surface area is 219 Å². The van der Waals surface area contributed by atoms with Gasteiger partial charge in [0.25, 0.3) is 0 Å². The van der Waals surface area contributed by atoms with Gasteiger partial charge in [0, 0.05) is 25.0 Å². The van der Waals surface area contributed by atoms with Gasteiger partial charge in [-0.05, 0) is 64.0 Å². The van der Waals surface area contributed by atoms with Gasteiger partial charge >= 0.3 is 14.2 Å².